The average Bonchev–Trinajstić information content (AvgIpc) is 3.12. The Morgan fingerprint density at radius 3 is 2.28 bits per heavy atom. The maximum Gasteiger partial charge on any atom is 0.227 e. The first-order valence-electron chi connectivity index (χ1n) is 9.85. The molecule has 0 N–H and O–H groups in total. The van der Waals surface area contributed by atoms with Crippen molar-refractivity contribution in [2.75, 3.05) is 0 Å². The molecular formula is C26H22N2O. The number of para-hydroxylation sites is 1. The number of furan rings is 1. The number of fused-ring (bicyclic) bond motifs is 3. The molecule has 5 rings (SSSR count). The molecule has 3 nitrogen and oxygen atoms in total. The second-order valence-corrected chi connectivity index (χ2v) is 8.38. The van der Waals surface area contributed by atoms with Gasteiger partial charge in [0.25, 0.3) is 0 Å². The Morgan fingerprint density at radius 1 is 0.724 bits per heavy atom. The van der Waals surface area contributed by atoms with E-state index >= 15 is 0 Å². The van der Waals surface area contributed by atoms with Crippen LogP contribution in [0.3, 0.4) is 0 Å². The van der Waals surface area contributed by atoms with Gasteiger partial charge in [0.1, 0.15) is 5.58 Å². The second kappa shape index (κ2) is 6.56. The van der Waals surface area contributed by atoms with Crippen molar-refractivity contribution in [2.45, 2.75) is 26.2 Å². The Hall–Kier alpha value is -3.46. The van der Waals surface area contributed by atoms with Gasteiger partial charge in [0.15, 0.2) is 0 Å². The Balaban J connectivity index is 1.63. The van der Waals surface area contributed by atoms with E-state index in [2.05, 4.69) is 68.2 Å². The van der Waals surface area contributed by atoms with Crippen LogP contribution in [0.4, 0.5) is 0 Å². The van der Waals surface area contributed by atoms with Gasteiger partial charge in [-0.15, -0.1) is 0 Å². The molecule has 0 fully saturated rings. The van der Waals surface area contributed by atoms with E-state index < -0.39 is 0 Å². The van der Waals surface area contributed by atoms with Crippen molar-refractivity contribution in [3.63, 3.8) is 0 Å². The molecule has 0 spiro atoms. The van der Waals surface area contributed by atoms with Gasteiger partial charge >= 0.3 is 0 Å². The first-order valence-corrected chi connectivity index (χ1v) is 9.85. The molecule has 0 radical (unpaired) electrons. The summed E-state index contributed by atoms with van der Waals surface area (Å²) in [6.07, 6.45) is 1.80. The highest BCUT2D eigenvalue weighted by atomic mass is 16.3. The first-order chi connectivity index (χ1) is 14.0. The summed E-state index contributed by atoms with van der Waals surface area (Å²) >= 11 is 0. The fourth-order valence-corrected chi connectivity index (χ4v) is 3.70. The minimum atomic E-state index is 0.135. The molecule has 0 amide bonds. The van der Waals surface area contributed by atoms with Crippen LogP contribution in [0.15, 0.2) is 83.4 Å². The molecule has 2 aromatic carbocycles. The molecule has 0 aliphatic heterocycles. The van der Waals surface area contributed by atoms with Crippen LogP contribution in [-0.4, -0.2) is 9.97 Å². The fourth-order valence-electron chi connectivity index (χ4n) is 3.70. The Bertz CT molecular complexity index is 1310. The largest absolute Gasteiger partial charge is 0.437 e. The van der Waals surface area contributed by atoms with Gasteiger partial charge < -0.3 is 4.42 Å². The third-order valence-electron chi connectivity index (χ3n) is 5.35. The summed E-state index contributed by atoms with van der Waals surface area (Å²) in [5.41, 5.74) is 6.81. The van der Waals surface area contributed by atoms with E-state index in [1.165, 1.54) is 5.56 Å². The summed E-state index contributed by atoms with van der Waals surface area (Å²) in [6, 6.07) is 24.9. The maximum atomic E-state index is 6.23. The zero-order valence-electron chi connectivity index (χ0n) is 16.8. The molecule has 0 atom stereocenters. The zero-order valence-corrected chi connectivity index (χ0v) is 16.8. The van der Waals surface area contributed by atoms with E-state index in [-0.39, 0.29) is 5.41 Å². The summed E-state index contributed by atoms with van der Waals surface area (Å²) < 4.78 is 6.23. The number of benzene rings is 2. The highest BCUT2D eigenvalue weighted by Gasteiger charge is 2.16. The monoisotopic (exact) mass is 378 g/mol. The lowest BCUT2D eigenvalue weighted by Crippen LogP contribution is -2.10. The minimum Gasteiger partial charge on any atom is -0.437 e. The van der Waals surface area contributed by atoms with Gasteiger partial charge in [0.2, 0.25) is 5.71 Å². The van der Waals surface area contributed by atoms with Crippen molar-refractivity contribution in [2.24, 2.45) is 0 Å². The molecule has 3 aromatic heterocycles. The van der Waals surface area contributed by atoms with E-state index in [1.54, 1.807) is 6.20 Å². The summed E-state index contributed by atoms with van der Waals surface area (Å²) in [6.45, 7) is 6.67. The van der Waals surface area contributed by atoms with Crippen molar-refractivity contribution in [3.8, 4) is 22.5 Å². The third-order valence-corrected chi connectivity index (χ3v) is 5.35. The molecule has 29 heavy (non-hydrogen) atoms. The quantitative estimate of drug-likeness (QED) is 0.332. The van der Waals surface area contributed by atoms with Crippen molar-refractivity contribution >= 4 is 22.1 Å². The van der Waals surface area contributed by atoms with Crippen LogP contribution in [0.1, 0.15) is 26.3 Å². The molecule has 5 aromatic rings. The second-order valence-electron chi connectivity index (χ2n) is 8.38. The van der Waals surface area contributed by atoms with E-state index in [0.717, 1.165) is 38.9 Å². The minimum absolute atomic E-state index is 0.135. The van der Waals surface area contributed by atoms with E-state index in [9.17, 15) is 0 Å². The van der Waals surface area contributed by atoms with E-state index in [1.807, 2.05) is 30.3 Å². The van der Waals surface area contributed by atoms with Crippen molar-refractivity contribution in [1.29, 1.82) is 0 Å². The van der Waals surface area contributed by atoms with Gasteiger partial charge in [0.05, 0.1) is 11.4 Å². The maximum absolute atomic E-state index is 6.23. The normalized spacial score (nSPS) is 12.0. The van der Waals surface area contributed by atoms with Gasteiger partial charge in [0, 0.05) is 28.1 Å². The van der Waals surface area contributed by atoms with Gasteiger partial charge in [-0.05, 0) is 41.3 Å². The summed E-state index contributed by atoms with van der Waals surface area (Å²) in [5, 5.41) is 2.08. The summed E-state index contributed by atoms with van der Waals surface area (Å²) in [5.74, 6) is 0. The lowest BCUT2D eigenvalue weighted by Gasteiger charge is -2.19. The predicted molar refractivity (Wildman–Crippen MR) is 119 cm³/mol. The fraction of sp³-hybridized carbons (Fsp3) is 0.154. The number of hydrogen-bond donors (Lipinski definition) is 0. The number of rotatable bonds is 2. The molecule has 3 heteroatoms. The number of hydrogen-bond acceptors (Lipinski definition) is 3. The molecule has 0 saturated carbocycles. The first kappa shape index (κ1) is 17.6. The van der Waals surface area contributed by atoms with E-state index in [0.29, 0.717) is 5.71 Å². The zero-order chi connectivity index (χ0) is 20.0. The SMILES string of the molecule is CC(C)(C)c1ccc(-c2ccc3c(n2)oc2c(-c4ccccn4)cccc23)cc1. The van der Waals surface area contributed by atoms with Gasteiger partial charge in [-0.25, -0.2) is 4.98 Å². The predicted octanol–water partition coefficient (Wildman–Crippen LogP) is 7.01. The van der Waals surface area contributed by atoms with Crippen LogP contribution in [-0.2, 0) is 5.41 Å². The molecule has 0 unspecified atom stereocenters. The smallest absolute Gasteiger partial charge is 0.227 e. The highest BCUT2D eigenvalue weighted by molar-refractivity contribution is 6.08. The van der Waals surface area contributed by atoms with Crippen molar-refractivity contribution in [3.05, 3.63) is 84.6 Å². The molecule has 0 bridgehead atoms. The number of pyridine rings is 2. The van der Waals surface area contributed by atoms with E-state index in [4.69, 9.17) is 9.40 Å². The number of aromatic nitrogens is 2. The summed E-state index contributed by atoms with van der Waals surface area (Å²) in [7, 11) is 0. The van der Waals surface area contributed by atoms with Crippen LogP contribution < -0.4 is 0 Å². The highest BCUT2D eigenvalue weighted by Crippen LogP contribution is 2.35. The molecule has 0 aliphatic carbocycles. The lowest BCUT2D eigenvalue weighted by molar-refractivity contribution is 0.590. The van der Waals surface area contributed by atoms with Crippen molar-refractivity contribution < 1.29 is 4.42 Å². The Morgan fingerprint density at radius 2 is 1.55 bits per heavy atom. The molecule has 0 saturated heterocycles. The molecular weight excluding hydrogens is 356 g/mol. The third kappa shape index (κ3) is 3.09. The standard InChI is InChI=1S/C26H22N2O/c1-26(2,3)18-12-10-17(11-13-18)22-15-14-20-19-7-6-8-21(23-9-4-5-16-27-23)24(19)29-25(20)28-22/h4-16H,1-3H3. The van der Waals surface area contributed by atoms with Gasteiger partial charge in [-0.2, -0.15) is 0 Å². The Kier molecular flexibility index (Phi) is 3.99. The van der Waals surface area contributed by atoms with Gasteiger partial charge in [-0.3, -0.25) is 4.98 Å². The van der Waals surface area contributed by atoms with Crippen LogP contribution >= 0.6 is 0 Å². The average molecular weight is 378 g/mol. The van der Waals surface area contributed by atoms with Gasteiger partial charge in [-0.1, -0.05) is 63.2 Å². The van der Waals surface area contributed by atoms with Crippen molar-refractivity contribution in [1.82, 2.24) is 9.97 Å². The van der Waals surface area contributed by atoms with Crippen LogP contribution in [0.2, 0.25) is 0 Å². The Labute approximate surface area is 170 Å². The van der Waals surface area contributed by atoms with Crippen LogP contribution in [0, 0.1) is 0 Å². The number of nitrogens with zero attached hydrogens (tertiary/aromatic N) is 2. The molecule has 0 aliphatic rings. The lowest BCUT2D eigenvalue weighted by atomic mass is 9.86. The topological polar surface area (TPSA) is 38.9 Å². The molecule has 142 valence electrons. The van der Waals surface area contributed by atoms with Crippen LogP contribution in [0.25, 0.3) is 44.6 Å². The van der Waals surface area contributed by atoms with Crippen LogP contribution in [0.5, 0.6) is 0 Å². The summed E-state index contributed by atoms with van der Waals surface area (Å²) in [4.78, 5) is 9.30. The molecule has 3 heterocycles.